The number of thioether (sulfide) groups is 1. The molecule has 134 valence electrons. The van der Waals surface area contributed by atoms with Crippen LogP contribution in [0.3, 0.4) is 0 Å². The fourth-order valence-electron chi connectivity index (χ4n) is 2.54. The summed E-state index contributed by atoms with van der Waals surface area (Å²) < 4.78 is 14.1. The molecule has 0 amide bonds. The van der Waals surface area contributed by atoms with Gasteiger partial charge in [-0.1, -0.05) is 35.5 Å². The monoisotopic (exact) mass is 407 g/mol. The maximum absolute atomic E-state index is 12.2. The van der Waals surface area contributed by atoms with Crippen LogP contribution in [0.5, 0.6) is 11.5 Å². The number of hydrogen-bond acceptors (Lipinski definition) is 7. The first-order chi connectivity index (χ1) is 12.6. The van der Waals surface area contributed by atoms with Gasteiger partial charge in [0.05, 0.1) is 15.0 Å². The zero-order valence-corrected chi connectivity index (χ0v) is 16.1. The predicted molar refractivity (Wildman–Crippen MR) is 101 cm³/mol. The van der Waals surface area contributed by atoms with E-state index in [0.717, 1.165) is 5.75 Å². The van der Waals surface area contributed by atoms with Gasteiger partial charge in [0.25, 0.3) is 0 Å². The Kier molecular flexibility index (Phi) is 4.88. The molecule has 0 saturated carbocycles. The molecule has 26 heavy (non-hydrogen) atoms. The maximum atomic E-state index is 12.2. The molecule has 0 saturated heterocycles. The Morgan fingerprint density at radius 1 is 1.31 bits per heavy atom. The lowest BCUT2D eigenvalue weighted by Crippen LogP contribution is -2.24. The van der Waals surface area contributed by atoms with Crippen LogP contribution in [0, 0.1) is 0 Å². The van der Waals surface area contributed by atoms with Gasteiger partial charge in [-0.25, -0.2) is 0 Å². The van der Waals surface area contributed by atoms with E-state index in [1.165, 1.54) is 23.1 Å². The topological polar surface area (TPSA) is 66.2 Å². The number of hydrogen-bond donors (Lipinski definition) is 0. The van der Waals surface area contributed by atoms with E-state index in [1.54, 1.807) is 12.1 Å². The number of carbonyl (C=O) groups is 1. The molecule has 0 bridgehead atoms. The van der Waals surface area contributed by atoms with Crippen molar-refractivity contribution in [1.82, 2.24) is 14.8 Å². The molecule has 1 atom stereocenters. The van der Waals surface area contributed by atoms with E-state index in [2.05, 4.69) is 10.2 Å². The molecule has 0 aliphatic carbocycles. The van der Waals surface area contributed by atoms with Crippen LogP contribution >= 0.6 is 34.7 Å². The van der Waals surface area contributed by atoms with E-state index >= 15 is 0 Å². The van der Waals surface area contributed by atoms with Crippen LogP contribution in [0.4, 0.5) is 0 Å². The summed E-state index contributed by atoms with van der Waals surface area (Å²) in [4.78, 5) is 12.9. The minimum Gasteiger partial charge on any atom is -0.485 e. The molecule has 9 heteroatoms. The summed E-state index contributed by atoms with van der Waals surface area (Å²) in [5, 5.41) is 9.06. The van der Waals surface area contributed by atoms with Gasteiger partial charge in [0.2, 0.25) is 0 Å². The first-order valence-corrected chi connectivity index (χ1v) is 9.99. The van der Waals surface area contributed by atoms with Gasteiger partial charge in [0.15, 0.2) is 34.4 Å². The van der Waals surface area contributed by atoms with Gasteiger partial charge in [-0.2, -0.15) is 0 Å². The van der Waals surface area contributed by atoms with Gasteiger partial charge >= 0.3 is 0 Å². The molecule has 3 heterocycles. The summed E-state index contributed by atoms with van der Waals surface area (Å²) in [5.74, 6) is 2.36. The van der Waals surface area contributed by atoms with Crippen molar-refractivity contribution in [2.24, 2.45) is 7.05 Å². The quantitative estimate of drug-likeness (QED) is 0.470. The molecular weight excluding hydrogens is 394 g/mol. The molecule has 1 aromatic carbocycles. The number of para-hydroxylation sites is 2. The second-order valence-corrected chi connectivity index (χ2v) is 8.24. The molecule has 3 aromatic rings. The van der Waals surface area contributed by atoms with Crippen LogP contribution in [0.25, 0.3) is 0 Å². The molecule has 6 nitrogen and oxygen atoms in total. The summed E-state index contributed by atoms with van der Waals surface area (Å²) in [6.45, 7) is 0.361. The van der Waals surface area contributed by atoms with Crippen molar-refractivity contribution < 1.29 is 14.3 Å². The van der Waals surface area contributed by atoms with Crippen molar-refractivity contribution in [2.75, 3.05) is 12.4 Å². The van der Waals surface area contributed by atoms with Crippen molar-refractivity contribution in [3.05, 3.63) is 51.4 Å². The van der Waals surface area contributed by atoms with Gasteiger partial charge < -0.3 is 14.0 Å². The molecule has 2 aromatic heterocycles. The Bertz CT molecular complexity index is 956. The average molecular weight is 408 g/mol. The number of ether oxygens (including phenoxy) is 2. The number of carbonyl (C=O) groups excluding carboxylic acids is 1. The molecule has 1 aliphatic rings. The smallest absolute Gasteiger partial charge is 0.192 e. The number of nitrogens with zero attached hydrogens (tertiary/aromatic N) is 3. The number of rotatable bonds is 5. The third-order valence-electron chi connectivity index (χ3n) is 3.85. The molecule has 4 rings (SSSR count). The first kappa shape index (κ1) is 17.4. The van der Waals surface area contributed by atoms with Gasteiger partial charge in [-0.15, -0.1) is 21.5 Å². The number of Topliss-reactive ketones (excluding diaryl/α,β-unsaturated/α-hetero) is 1. The van der Waals surface area contributed by atoms with Crippen molar-refractivity contribution in [2.45, 2.75) is 11.3 Å². The summed E-state index contributed by atoms with van der Waals surface area (Å²) >= 11 is 8.50. The van der Waals surface area contributed by atoms with Gasteiger partial charge in [-0.05, 0) is 24.3 Å². The van der Waals surface area contributed by atoms with Crippen molar-refractivity contribution >= 4 is 40.5 Å². The lowest BCUT2D eigenvalue weighted by molar-refractivity contribution is 0.0825. The highest BCUT2D eigenvalue weighted by Crippen LogP contribution is 2.35. The number of fused-ring (bicyclic) bond motifs is 1. The molecule has 0 radical (unpaired) electrons. The van der Waals surface area contributed by atoms with Crippen molar-refractivity contribution in [3.8, 4) is 11.5 Å². The maximum Gasteiger partial charge on any atom is 0.192 e. The number of ketones is 1. The number of thiophene rings is 1. The van der Waals surface area contributed by atoms with E-state index in [9.17, 15) is 4.79 Å². The summed E-state index contributed by atoms with van der Waals surface area (Å²) in [7, 11) is 1.86. The standard InChI is InChI=1S/C17H14ClN3O3S2/c1-21-16(13-8-23-11-4-2-3-5-12(11)24-13)19-20-17(21)25-9-10(22)14-6-7-15(18)26-14/h2-7,13H,8-9H2,1H3. The fourth-order valence-corrected chi connectivity index (χ4v) is 4.42. The summed E-state index contributed by atoms with van der Waals surface area (Å²) in [6, 6.07) is 11.0. The van der Waals surface area contributed by atoms with Crippen LogP contribution in [0.2, 0.25) is 4.34 Å². The largest absolute Gasteiger partial charge is 0.485 e. The van der Waals surface area contributed by atoms with Crippen LogP contribution in [-0.4, -0.2) is 32.9 Å². The number of benzene rings is 1. The van der Waals surface area contributed by atoms with Gasteiger partial charge in [0, 0.05) is 7.05 Å². The minimum absolute atomic E-state index is 0.0163. The molecular formula is C17H14ClN3O3S2. The second kappa shape index (κ2) is 7.30. The highest BCUT2D eigenvalue weighted by atomic mass is 35.5. The van der Waals surface area contributed by atoms with E-state index < -0.39 is 0 Å². The predicted octanol–water partition coefficient (Wildman–Crippen LogP) is 4.02. The molecule has 0 spiro atoms. The normalized spacial score (nSPS) is 15.8. The molecule has 1 aliphatic heterocycles. The minimum atomic E-state index is -0.344. The zero-order valence-electron chi connectivity index (χ0n) is 13.7. The van der Waals surface area contributed by atoms with Crippen LogP contribution in [0.15, 0.2) is 41.6 Å². The van der Waals surface area contributed by atoms with Gasteiger partial charge in [0.1, 0.15) is 6.61 Å². The Morgan fingerprint density at radius 2 is 2.12 bits per heavy atom. The number of halogens is 1. The summed E-state index contributed by atoms with van der Waals surface area (Å²) in [6.07, 6.45) is -0.344. The van der Waals surface area contributed by atoms with E-state index in [-0.39, 0.29) is 17.6 Å². The van der Waals surface area contributed by atoms with Gasteiger partial charge in [-0.3, -0.25) is 4.79 Å². The molecule has 1 unspecified atom stereocenters. The number of aromatic nitrogens is 3. The lowest BCUT2D eigenvalue weighted by atomic mass is 10.2. The molecule has 0 N–H and O–H groups in total. The van der Waals surface area contributed by atoms with E-state index in [4.69, 9.17) is 21.1 Å². The second-order valence-electron chi connectivity index (χ2n) is 5.58. The molecule has 0 fully saturated rings. The average Bonchev–Trinajstić information content (AvgIpc) is 3.25. The lowest BCUT2D eigenvalue weighted by Gasteiger charge is -2.25. The van der Waals surface area contributed by atoms with Crippen molar-refractivity contribution in [3.63, 3.8) is 0 Å². The Labute approximate surface area is 163 Å². The van der Waals surface area contributed by atoms with Crippen LogP contribution in [0.1, 0.15) is 21.6 Å². The zero-order chi connectivity index (χ0) is 18.1. The Balaban J connectivity index is 1.44. The SMILES string of the molecule is Cn1c(SCC(=O)c2ccc(Cl)s2)nnc1C1COc2ccccc2O1. The van der Waals surface area contributed by atoms with E-state index in [0.29, 0.717) is 32.6 Å². The third kappa shape index (κ3) is 3.44. The van der Waals surface area contributed by atoms with Crippen LogP contribution < -0.4 is 9.47 Å². The third-order valence-corrected chi connectivity index (χ3v) is 6.14. The fraction of sp³-hybridized carbons (Fsp3) is 0.235. The Morgan fingerprint density at radius 3 is 2.88 bits per heavy atom. The van der Waals surface area contributed by atoms with E-state index in [1.807, 2.05) is 35.9 Å². The van der Waals surface area contributed by atoms with Crippen LogP contribution in [-0.2, 0) is 7.05 Å². The summed E-state index contributed by atoms with van der Waals surface area (Å²) in [5.41, 5.74) is 0. The highest BCUT2D eigenvalue weighted by molar-refractivity contribution is 7.99. The Hall–Kier alpha value is -2.03. The van der Waals surface area contributed by atoms with Crippen molar-refractivity contribution in [1.29, 1.82) is 0 Å². The first-order valence-electron chi connectivity index (χ1n) is 7.81. The highest BCUT2D eigenvalue weighted by Gasteiger charge is 2.27.